The maximum Gasteiger partial charge on any atom is 0.0495 e. The highest BCUT2D eigenvalue weighted by Crippen LogP contribution is 2.41. The molecule has 5 aromatic rings. The van der Waals surface area contributed by atoms with Crippen molar-refractivity contribution in [3.8, 4) is 0 Å². The highest BCUT2D eigenvalue weighted by molar-refractivity contribution is 7.26. The highest BCUT2D eigenvalue weighted by atomic mass is 32.1. The lowest BCUT2D eigenvalue weighted by molar-refractivity contribution is 0.877. The second kappa shape index (κ2) is 4.84. The Labute approximate surface area is 145 Å². The molecule has 0 amide bonds. The third kappa shape index (κ3) is 1.75. The van der Waals surface area contributed by atoms with Gasteiger partial charge in [0.25, 0.3) is 0 Å². The third-order valence-electron chi connectivity index (χ3n) is 5.18. The molecule has 3 aromatic carbocycles. The summed E-state index contributed by atoms with van der Waals surface area (Å²) in [5.41, 5.74) is 4.08. The summed E-state index contributed by atoms with van der Waals surface area (Å²) in [6, 6.07) is 20.2. The molecule has 0 aliphatic carbocycles. The summed E-state index contributed by atoms with van der Waals surface area (Å²) >= 11 is 1.92. The number of hydrogen-bond acceptors (Lipinski definition) is 1. The van der Waals surface area contributed by atoms with Crippen LogP contribution in [0.4, 0.5) is 0 Å². The van der Waals surface area contributed by atoms with Crippen molar-refractivity contribution in [2.75, 3.05) is 0 Å². The summed E-state index contributed by atoms with van der Waals surface area (Å²) in [4.78, 5) is 0. The van der Waals surface area contributed by atoms with Crippen LogP contribution in [0.15, 0.2) is 54.6 Å². The largest absolute Gasteiger partial charge is 0.344 e. The fourth-order valence-corrected chi connectivity index (χ4v) is 5.15. The van der Waals surface area contributed by atoms with Crippen LogP contribution in [0.5, 0.6) is 0 Å². The molecule has 0 atom stereocenters. The van der Waals surface area contributed by atoms with Gasteiger partial charge in [0.15, 0.2) is 0 Å². The average molecular weight is 329 g/mol. The number of para-hydroxylation sites is 1. The fraction of sp³-hybridized carbons (Fsp3) is 0.182. The number of benzene rings is 3. The quantitative estimate of drug-likeness (QED) is 0.318. The number of rotatable bonds is 1. The molecule has 0 saturated heterocycles. The van der Waals surface area contributed by atoms with E-state index in [4.69, 9.17) is 0 Å². The Morgan fingerprint density at radius 1 is 0.792 bits per heavy atom. The summed E-state index contributed by atoms with van der Waals surface area (Å²) in [6.45, 7) is 4.57. The fourth-order valence-electron chi connectivity index (χ4n) is 3.99. The van der Waals surface area contributed by atoms with E-state index in [0.29, 0.717) is 5.92 Å². The van der Waals surface area contributed by atoms with Crippen LogP contribution in [0, 0.1) is 0 Å². The van der Waals surface area contributed by atoms with Gasteiger partial charge in [0.2, 0.25) is 0 Å². The lowest BCUT2D eigenvalue weighted by atomic mass is 9.97. The lowest BCUT2D eigenvalue weighted by Crippen LogP contribution is -1.88. The number of thiophene rings is 1. The Kier molecular flexibility index (Phi) is 2.84. The highest BCUT2D eigenvalue weighted by Gasteiger charge is 2.15. The molecule has 0 aliphatic heterocycles. The van der Waals surface area contributed by atoms with Crippen molar-refractivity contribution in [1.82, 2.24) is 4.57 Å². The summed E-state index contributed by atoms with van der Waals surface area (Å²) in [7, 11) is 2.18. The molecule has 0 bridgehead atoms. The van der Waals surface area contributed by atoms with Gasteiger partial charge in [0.05, 0.1) is 0 Å². The maximum absolute atomic E-state index is 2.40. The number of aryl methyl sites for hydroxylation is 1. The summed E-state index contributed by atoms with van der Waals surface area (Å²) in [5.74, 6) is 0.537. The minimum absolute atomic E-state index is 0.537. The van der Waals surface area contributed by atoms with E-state index in [-0.39, 0.29) is 0 Å². The topological polar surface area (TPSA) is 4.93 Å². The molecule has 0 N–H and O–H groups in total. The lowest BCUT2D eigenvalue weighted by Gasteiger charge is -2.07. The van der Waals surface area contributed by atoms with Gasteiger partial charge in [-0.15, -0.1) is 11.3 Å². The molecule has 2 heteroatoms. The molecule has 0 unspecified atom stereocenters. The summed E-state index contributed by atoms with van der Waals surface area (Å²) in [5, 5.41) is 5.55. The third-order valence-corrected chi connectivity index (χ3v) is 6.30. The minimum atomic E-state index is 0.537. The second-order valence-electron chi connectivity index (χ2n) is 6.92. The molecule has 0 saturated carbocycles. The van der Waals surface area contributed by atoms with Gasteiger partial charge in [0, 0.05) is 49.0 Å². The van der Waals surface area contributed by atoms with Gasteiger partial charge in [-0.2, -0.15) is 0 Å². The molecular weight excluding hydrogens is 310 g/mol. The van der Waals surface area contributed by atoms with E-state index in [9.17, 15) is 0 Å². The molecule has 118 valence electrons. The van der Waals surface area contributed by atoms with Crippen LogP contribution in [0.1, 0.15) is 25.3 Å². The molecule has 1 nitrogen and oxygen atoms in total. The van der Waals surface area contributed by atoms with Gasteiger partial charge in [-0.3, -0.25) is 0 Å². The molecule has 0 fully saturated rings. The van der Waals surface area contributed by atoms with E-state index >= 15 is 0 Å². The number of aromatic nitrogens is 1. The van der Waals surface area contributed by atoms with Gasteiger partial charge >= 0.3 is 0 Å². The first kappa shape index (κ1) is 14.1. The van der Waals surface area contributed by atoms with Crippen LogP contribution >= 0.6 is 11.3 Å². The average Bonchev–Trinajstić information content (AvgIpc) is 3.09. The first-order valence-corrected chi connectivity index (χ1v) is 9.29. The molecule has 2 heterocycles. The molecular formula is C22H19NS. The van der Waals surface area contributed by atoms with Crippen LogP contribution in [-0.2, 0) is 7.05 Å². The predicted molar refractivity (Wildman–Crippen MR) is 107 cm³/mol. The van der Waals surface area contributed by atoms with Crippen LogP contribution < -0.4 is 0 Å². The number of hydrogen-bond donors (Lipinski definition) is 0. The van der Waals surface area contributed by atoms with Crippen molar-refractivity contribution in [3.05, 3.63) is 60.2 Å². The van der Waals surface area contributed by atoms with Crippen LogP contribution in [0.3, 0.4) is 0 Å². The molecule has 0 aliphatic rings. The van der Waals surface area contributed by atoms with E-state index in [1.165, 1.54) is 47.5 Å². The van der Waals surface area contributed by atoms with E-state index < -0.39 is 0 Å². The van der Waals surface area contributed by atoms with Gasteiger partial charge in [0.1, 0.15) is 0 Å². The van der Waals surface area contributed by atoms with Crippen molar-refractivity contribution >= 4 is 53.3 Å². The van der Waals surface area contributed by atoms with Crippen LogP contribution in [0.25, 0.3) is 42.0 Å². The van der Waals surface area contributed by atoms with Gasteiger partial charge in [-0.05, 0) is 35.7 Å². The Balaban J connectivity index is 2.02. The normalized spacial score (nSPS) is 12.3. The molecule has 0 spiro atoms. The van der Waals surface area contributed by atoms with E-state index in [2.05, 4.69) is 80.1 Å². The zero-order chi connectivity index (χ0) is 16.4. The van der Waals surface area contributed by atoms with Crippen molar-refractivity contribution in [2.45, 2.75) is 19.8 Å². The SMILES string of the molecule is CC(C)c1cccc2sc3cc4c5ccccc5n(C)c4cc3c12. The Morgan fingerprint density at radius 3 is 2.46 bits per heavy atom. The maximum atomic E-state index is 2.40. The van der Waals surface area contributed by atoms with Crippen molar-refractivity contribution in [3.63, 3.8) is 0 Å². The van der Waals surface area contributed by atoms with Crippen LogP contribution in [-0.4, -0.2) is 4.57 Å². The molecule has 2 aromatic heterocycles. The van der Waals surface area contributed by atoms with Gasteiger partial charge in [-0.25, -0.2) is 0 Å². The smallest absolute Gasteiger partial charge is 0.0495 e. The Morgan fingerprint density at radius 2 is 1.62 bits per heavy atom. The first-order valence-electron chi connectivity index (χ1n) is 8.47. The van der Waals surface area contributed by atoms with Gasteiger partial charge < -0.3 is 4.57 Å². The summed E-state index contributed by atoms with van der Waals surface area (Å²) in [6.07, 6.45) is 0. The molecule has 0 radical (unpaired) electrons. The van der Waals surface area contributed by atoms with Crippen molar-refractivity contribution < 1.29 is 0 Å². The molecule has 5 rings (SSSR count). The number of nitrogens with zero attached hydrogens (tertiary/aromatic N) is 1. The minimum Gasteiger partial charge on any atom is -0.344 e. The Hall–Kier alpha value is -2.32. The first-order chi connectivity index (χ1) is 11.6. The van der Waals surface area contributed by atoms with Crippen molar-refractivity contribution in [2.24, 2.45) is 7.05 Å². The van der Waals surface area contributed by atoms with E-state index in [1.54, 1.807) is 0 Å². The van der Waals surface area contributed by atoms with E-state index in [0.717, 1.165) is 0 Å². The zero-order valence-electron chi connectivity index (χ0n) is 14.1. The van der Waals surface area contributed by atoms with E-state index in [1.807, 2.05) is 11.3 Å². The standard InChI is InChI=1S/C22H19NS/c1-13(2)14-8-6-10-20-22(14)17-11-19-16(12-21(17)24-20)15-7-4-5-9-18(15)23(19)3/h4-13H,1-3H3. The number of fused-ring (bicyclic) bond motifs is 6. The zero-order valence-corrected chi connectivity index (χ0v) is 14.9. The predicted octanol–water partition coefficient (Wildman–Crippen LogP) is 6.82. The Bertz CT molecular complexity index is 1240. The van der Waals surface area contributed by atoms with Gasteiger partial charge in [-0.1, -0.05) is 44.2 Å². The van der Waals surface area contributed by atoms with Crippen molar-refractivity contribution in [1.29, 1.82) is 0 Å². The van der Waals surface area contributed by atoms with Crippen LogP contribution in [0.2, 0.25) is 0 Å². The monoisotopic (exact) mass is 329 g/mol. The second-order valence-corrected chi connectivity index (χ2v) is 8.00. The molecule has 24 heavy (non-hydrogen) atoms. The summed E-state index contributed by atoms with van der Waals surface area (Å²) < 4.78 is 5.11.